The van der Waals surface area contributed by atoms with Crippen molar-refractivity contribution in [1.29, 1.82) is 0 Å². The van der Waals surface area contributed by atoms with Crippen molar-refractivity contribution in [2.75, 3.05) is 24.4 Å². The Labute approximate surface area is 281 Å². The highest BCUT2D eigenvalue weighted by Gasteiger charge is 2.42. The average Bonchev–Trinajstić information content (AvgIpc) is 3.15. The van der Waals surface area contributed by atoms with Gasteiger partial charge in [-0.1, -0.05) is 38.1 Å². The van der Waals surface area contributed by atoms with Crippen molar-refractivity contribution in [3.8, 4) is 17.1 Å². The van der Waals surface area contributed by atoms with Crippen molar-refractivity contribution < 1.29 is 26.7 Å². The number of benzene rings is 2. The van der Waals surface area contributed by atoms with Crippen LogP contribution in [0.2, 0.25) is 0 Å². The number of carbonyl (C=O) groups excluding carboxylic acids is 1. The molecule has 3 aliphatic rings. The fourth-order valence-corrected chi connectivity index (χ4v) is 8.12. The van der Waals surface area contributed by atoms with Gasteiger partial charge in [-0.25, -0.2) is 26.9 Å². The molecule has 6 bridgehead atoms. The molecule has 2 fully saturated rings. The number of ether oxygens (including phenoxy) is 1. The Hall–Kier alpha value is -3.35. The lowest BCUT2D eigenvalue weighted by Crippen LogP contribution is -2.51. The number of amides is 1. The first kappa shape index (κ1) is 35.0. The van der Waals surface area contributed by atoms with Crippen LogP contribution in [0.5, 0.6) is 5.88 Å². The zero-order valence-corrected chi connectivity index (χ0v) is 28.7. The molecule has 9 nitrogen and oxygen atoms in total. The van der Waals surface area contributed by atoms with E-state index in [4.69, 9.17) is 4.74 Å². The monoisotopic (exact) mass is 689 g/mol. The largest absolute Gasteiger partial charge is 0.471 e. The number of aromatic nitrogens is 2. The van der Waals surface area contributed by atoms with Crippen LogP contribution in [0.1, 0.15) is 67.4 Å². The van der Waals surface area contributed by atoms with E-state index in [1.807, 2.05) is 32.0 Å². The zero-order valence-electron chi connectivity index (χ0n) is 27.1. The van der Waals surface area contributed by atoms with E-state index in [0.29, 0.717) is 37.5 Å². The van der Waals surface area contributed by atoms with Gasteiger partial charge in [0.1, 0.15) is 6.10 Å². The van der Waals surface area contributed by atoms with E-state index in [9.17, 15) is 22.0 Å². The van der Waals surface area contributed by atoms with Gasteiger partial charge in [0, 0.05) is 55.2 Å². The van der Waals surface area contributed by atoms with Gasteiger partial charge in [-0.3, -0.25) is 9.69 Å². The van der Waals surface area contributed by atoms with Crippen molar-refractivity contribution in [2.45, 2.75) is 88.8 Å². The van der Waals surface area contributed by atoms with Crippen molar-refractivity contribution in [3.63, 3.8) is 0 Å². The first-order chi connectivity index (χ1) is 21.8. The molecule has 2 aliphatic heterocycles. The summed E-state index contributed by atoms with van der Waals surface area (Å²) in [5.74, 6) is -2.68. The summed E-state index contributed by atoms with van der Waals surface area (Å²) < 4.78 is 64.7. The lowest BCUT2D eigenvalue weighted by molar-refractivity contribution is -0.0615. The fraction of sp³-hybridized carbons (Fsp3) is 0.500. The second-order valence-corrected chi connectivity index (χ2v) is 15.0. The van der Waals surface area contributed by atoms with Crippen LogP contribution in [-0.4, -0.2) is 77.8 Å². The van der Waals surface area contributed by atoms with Gasteiger partial charge in [0.15, 0.2) is 0 Å². The lowest BCUT2D eigenvalue weighted by Gasteiger charge is -2.42. The van der Waals surface area contributed by atoms with E-state index >= 15 is 0 Å². The molecule has 6 rings (SSSR count). The van der Waals surface area contributed by atoms with Crippen LogP contribution in [-0.2, 0) is 10.0 Å². The van der Waals surface area contributed by atoms with E-state index in [-0.39, 0.29) is 72.1 Å². The Balaban J connectivity index is 0.00000433. The fourth-order valence-electron chi connectivity index (χ4n) is 7.13. The van der Waals surface area contributed by atoms with Gasteiger partial charge < -0.3 is 9.64 Å². The molecule has 1 aliphatic carbocycles. The van der Waals surface area contributed by atoms with Crippen LogP contribution in [0.3, 0.4) is 0 Å². The Bertz CT molecular complexity index is 1710. The predicted molar refractivity (Wildman–Crippen MR) is 179 cm³/mol. The molecule has 13 heteroatoms. The van der Waals surface area contributed by atoms with Gasteiger partial charge in [0.25, 0.3) is 15.9 Å². The third kappa shape index (κ3) is 7.70. The number of nitrogens with one attached hydrogen (secondary N) is 1. The van der Waals surface area contributed by atoms with E-state index in [1.165, 1.54) is 12.1 Å². The number of aryl methyl sites for hydroxylation is 2. The number of halogens is 3. The van der Waals surface area contributed by atoms with Crippen LogP contribution >= 0.6 is 12.4 Å². The maximum absolute atomic E-state index is 14.3. The minimum atomic E-state index is -4.16. The Kier molecular flexibility index (Phi) is 10.1. The summed E-state index contributed by atoms with van der Waals surface area (Å²) in [5, 5.41) is 0. The Morgan fingerprint density at radius 1 is 1.00 bits per heavy atom. The molecular weight excluding hydrogens is 648 g/mol. The highest BCUT2D eigenvalue weighted by Crippen LogP contribution is 2.38. The molecule has 1 N–H and O–H groups in total. The second-order valence-electron chi connectivity index (χ2n) is 13.3. The van der Waals surface area contributed by atoms with E-state index in [1.54, 1.807) is 23.1 Å². The minimum Gasteiger partial charge on any atom is -0.471 e. The minimum absolute atomic E-state index is 0. The molecule has 1 saturated carbocycles. The van der Waals surface area contributed by atoms with Crippen LogP contribution in [0.4, 0.5) is 14.7 Å². The summed E-state index contributed by atoms with van der Waals surface area (Å²) in [4.78, 5) is 27.1. The number of nitrogens with zero attached hydrogens (tertiary/aromatic N) is 4. The molecular formula is C34H42ClF2N5O4S. The zero-order chi connectivity index (χ0) is 32.8. The third-order valence-corrected chi connectivity index (χ3v) is 10.6. The van der Waals surface area contributed by atoms with Gasteiger partial charge in [-0.05, 0) is 68.4 Å². The van der Waals surface area contributed by atoms with Gasteiger partial charge in [0.05, 0.1) is 17.1 Å². The third-order valence-electron chi connectivity index (χ3n) is 9.27. The lowest BCUT2D eigenvalue weighted by atomic mass is 9.89. The van der Waals surface area contributed by atoms with Crippen LogP contribution in [0.15, 0.2) is 53.4 Å². The van der Waals surface area contributed by atoms with Crippen molar-refractivity contribution in [3.05, 3.63) is 65.2 Å². The number of hydrogen-bond acceptors (Lipinski definition) is 7. The molecule has 3 heterocycles. The Morgan fingerprint density at radius 2 is 1.68 bits per heavy atom. The molecule has 0 radical (unpaired) electrons. The van der Waals surface area contributed by atoms with Crippen LogP contribution in [0.25, 0.3) is 11.3 Å². The van der Waals surface area contributed by atoms with Gasteiger partial charge >= 0.3 is 0 Å². The normalized spacial score (nSPS) is 22.9. The van der Waals surface area contributed by atoms with E-state index in [0.717, 1.165) is 23.1 Å². The van der Waals surface area contributed by atoms with Crippen molar-refractivity contribution in [1.82, 2.24) is 19.8 Å². The summed E-state index contributed by atoms with van der Waals surface area (Å²) >= 11 is 0. The molecule has 254 valence electrons. The van der Waals surface area contributed by atoms with Gasteiger partial charge in [0.2, 0.25) is 17.8 Å². The van der Waals surface area contributed by atoms with Gasteiger partial charge in [-0.15, -0.1) is 12.4 Å². The molecule has 3 aromatic rings. The highest BCUT2D eigenvalue weighted by atomic mass is 35.5. The van der Waals surface area contributed by atoms with Crippen LogP contribution in [0, 0.1) is 19.8 Å². The number of anilines is 1. The highest BCUT2D eigenvalue weighted by molar-refractivity contribution is 7.92. The SMILES string of the molecule is Cc1cccc(C)c1-c1cc2nc(n1)NS(=O)(=O)c1cccc(c1)C(=O)N1C[C@@H](CN(C3CCC(F)(F)CC3)[C@@H](CC(C)C)C1)O2.Cl. The summed E-state index contributed by atoms with van der Waals surface area (Å²) in [6, 6.07) is 13.3. The van der Waals surface area contributed by atoms with E-state index in [2.05, 4.69) is 33.4 Å². The molecule has 47 heavy (non-hydrogen) atoms. The molecule has 1 aromatic heterocycles. The smallest absolute Gasteiger partial charge is 0.264 e. The summed E-state index contributed by atoms with van der Waals surface area (Å²) in [5.41, 5.74) is 3.46. The van der Waals surface area contributed by atoms with Crippen LogP contribution < -0.4 is 9.46 Å². The summed E-state index contributed by atoms with van der Waals surface area (Å²) in [6.45, 7) is 9.13. The molecule has 0 spiro atoms. The number of alkyl halides is 2. The number of rotatable bonds is 4. The number of sulfonamides is 1. The quantitative estimate of drug-likeness (QED) is 0.334. The molecule has 0 unspecified atom stereocenters. The first-order valence-electron chi connectivity index (χ1n) is 16.0. The second kappa shape index (κ2) is 13.6. The van der Waals surface area contributed by atoms with Crippen molar-refractivity contribution >= 4 is 34.3 Å². The average molecular weight is 690 g/mol. The maximum atomic E-state index is 14.3. The maximum Gasteiger partial charge on any atom is 0.264 e. The first-order valence-corrected chi connectivity index (χ1v) is 17.4. The summed E-state index contributed by atoms with van der Waals surface area (Å²) in [7, 11) is -4.16. The topological polar surface area (TPSA) is 105 Å². The standard InChI is InChI=1S/C34H41F2N5O4S.ClH/c1-21(2)15-26-18-40-19-27(20-41(26)25-11-13-34(35,36)14-12-25)45-30-17-29(31-22(3)7-5-8-23(31)4)37-33(38-30)39-46(43,44)28-10-6-9-24(16-28)32(40)42;/h5-10,16-17,21,25-27H,11-15,18-20H2,1-4H3,(H,37,38,39);1H/t26-,27-;/m0./s1. The number of carbonyl (C=O) groups is 1. The predicted octanol–water partition coefficient (Wildman–Crippen LogP) is 6.49. The molecule has 1 amide bonds. The number of fused-ring (bicyclic) bond motifs is 6. The van der Waals surface area contributed by atoms with Gasteiger partial charge in [-0.2, -0.15) is 4.98 Å². The molecule has 2 aromatic carbocycles. The van der Waals surface area contributed by atoms with Crippen molar-refractivity contribution in [2.24, 2.45) is 5.92 Å². The van der Waals surface area contributed by atoms with E-state index < -0.39 is 22.0 Å². The molecule has 1 saturated heterocycles. The number of hydrogen-bond donors (Lipinski definition) is 1. The Morgan fingerprint density at radius 3 is 2.36 bits per heavy atom. The summed E-state index contributed by atoms with van der Waals surface area (Å²) in [6.07, 6.45) is 0.574. The molecule has 2 atom stereocenters.